The fourth-order valence-corrected chi connectivity index (χ4v) is 6.86. The zero-order chi connectivity index (χ0) is 29.2. The Morgan fingerprint density at radius 1 is 1.12 bits per heavy atom. The molecule has 3 fully saturated rings. The molecule has 41 heavy (non-hydrogen) atoms. The maximum absolute atomic E-state index is 12.5. The highest BCUT2D eigenvalue weighted by molar-refractivity contribution is 5.76. The molecule has 0 N–H and O–H groups in total. The Kier molecular flexibility index (Phi) is 6.44. The van der Waals surface area contributed by atoms with Gasteiger partial charge in [0, 0.05) is 60.4 Å². The van der Waals surface area contributed by atoms with Gasteiger partial charge in [0.05, 0.1) is 5.69 Å². The zero-order valence-corrected chi connectivity index (χ0v) is 25.1. The van der Waals surface area contributed by atoms with Crippen LogP contribution < -0.4 is 4.90 Å². The summed E-state index contributed by atoms with van der Waals surface area (Å²) in [6, 6.07) is 15.3. The normalized spacial score (nSPS) is 18.8. The molecule has 2 saturated carbocycles. The van der Waals surface area contributed by atoms with Crippen molar-refractivity contribution in [3.63, 3.8) is 0 Å². The van der Waals surface area contributed by atoms with Crippen LogP contribution in [0.5, 0.6) is 0 Å². The van der Waals surface area contributed by atoms with Crippen molar-refractivity contribution >= 4 is 17.5 Å². The van der Waals surface area contributed by atoms with Crippen LogP contribution in [0.25, 0.3) is 16.0 Å². The van der Waals surface area contributed by atoms with Crippen LogP contribution in [0.2, 0.25) is 0 Å². The standard InChI is InChI=1S/C34H40N4O3/c1-22-8-9-26(30-23(2)36-41-24(30)3)16-29(22)38(28-12-10-27(11-13-28)34(35-7)14-15-34)19-25-17-33(18-25)20-37(21-33)31(39)40-32(4,5)6/h8-13,16,25H,14-15,17-21H2,1-6H3. The van der Waals surface area contributed by atoms with Crippen molar-refractivity contribution in [1.29, 1.82) is 0 Å². The first-order chi connectivity index (χ1) is 19.4. The molecular weight excluding hydrogens is 512 g/mol. The summed E-state index contributed by atoms with van der Waals surface area (Å²) in [5.41, 5.74) is 7.12. The van der Waals surface area contributed by atoms with Crippen molar-refractivity contribution in [2.75, 3.05) is 24.5 Å². The lowest BCUT2D eigenvalue weighted by atomic mass is 9.57. The van der Waals surface area contributed by atoms with E-state index in [2.05, 4.69) is 64.3 Å². The van der Waals surface area contributed by atoms with E-state index in [1.807, 2.05) is 39.5 Å². The van der Waals surface area contributed by atoms with E-state index in [9.17, 15) is 4.79 Å². The molecule has 3 aliphatic rings. The summed E-state index contributed by atoms with van der Waals surface area (Å²) >= 11 is 0. The van der Waals surface area contributed by atoms with E-state index in [0.29, 0.717) is 5.92 Å². The molecular formula is C34H40N4O3. The summed E-state index contributed by atoms with van der Waals surface area (Å²) in [5, 5.41) is 4.19. The van der Waals surface area contributed by atoms with E-state index < -0.39 is 5.60 Å². The van der Waals surface area contributed by atoms with Crippen molar-refractivity contribution in [1.82, 2.24) is 10.1 Å². The van der Waals surface area contributed by atoms with Gasteiger partial charge in [-0.05, 0) is 102 Å². The van der Waals surface area contributed by atoms with Crippen molar-refractivity contribution in [3.05, 3.63) is 76.5 Å². The minimum Gasteiger partial charge on any atom is -0.444 e. The van der Waals surface area contributed by atoms with E-state index in [1.165, 1.54) is 11.3 Å². The fourth-order valence-electron chi connectivity index (χ4n) is 6.86. The predicted molar refractivity (Wildman–Crippen MR) is 160 cm³/mol. The first-order valence-corrected chi connectivity index (χ1v) is 14.7. The smallest absolute Gasteiger partial charge is 0.410 e. The van der Waals surface area contributed by atoms with E-state index in [-0.39, 0.29) is 17.0 Å². The summed E-state index contributed by atoms with van der Waals surface area (Å²) in [6.45, 7) is 22.0. The fraction of sp³-hybridized carbons (Fsp3) is 0.500. The Morgan fingerprint density at radius 3 is 2.37 bits per heavy atom. The van der Waals surface area contributed by atoms with E-state index >= 15 is 0 Å². The molecule has 1 aromatic heterocycles. The number of amides is 1. The average molecular weight is 553 g/mol. The summed E-state index contributed by atoms with van der Waals surface area (Å²) in [7, 11) is 0. The van der Waals surface area contributed by atoms with Gasteiger partial charge in [-0.15, -0.1) is 0 Å². The number of hydrogen-bond donors (Lipinski definition) is 0. The van der Waals surface area contributed by atoms with Crippen molar-refractivity contribution < 1.29 is 14.1 Å². The SMILES string of the molecule is [C-]#[N+]C1(c2ccc(N(CC3CC4(C3)CN(C(=O)OC(C)(C)C)C4)c3cc(-c4c(C)noc4C)ccc3C)cc2)CC1. The van der Waals surface area contributed by atoms with E-state index in [4.69, 9.17) is 15.8 Å². The topological polar surface area (TPSA) is 63.2 Å². The zero-order valence-electron chi connectivity index (χ0n) is 25.1. The maximum atomic E-state index is 12.5. The van der Waals surface area contributed by atoms with Gasteiger partial charge in [0.1, 0.15) is 11.4 Å². The number of likely N-dealkylation sites (tertiary alicyclic amines) is 1. The molecule has 6 rings (SSSR count). The number of rotatable bonds is 6. The van der Waals surface area contributed by atoms with Crippen LogP contribution in [0.3, 0.4) is 0 Å². The van der Waals surface area contributed by atoms with Gasteiger partial charge in [-0.3, -0.25) is 0 Å². The lowest BCUT2D eigenvalue weighted by Gasteiger charge is -2.59. The predicted octanol–water partition coefficient (Wildman–Crippen LogP) is 7.96. The van der Waals surface area contributed by atoms with Gasteiger partial charge in [0.15, 0.2) is 0 Å². The molecule has 2 aliphatic carbocycles. The van der Waals surface area contributed by atoms with E-state index in [0.717, 1.165) is 79.1 Å². The number of benzene rings is 2. The monoisotopic (exact) mass is 552 g/mol. The molecule has 0 bridgehead atoms. The minimum atomic E-state index is -0.470. The summed E-state index contributed by atoms with van der Waals surface area (Å²) in [4.78, 5) is 20.7. The number of carbonyl (C=O) groups is 1. The summed E-state index contributed by atoms with van der Waals surface area (Å²) in [6.07, 6.45) is 3.90. The third-order valence-corrected chi connectivity index (χ3v) is 9.06. The third-order valence-electron chi connectivity index (χ3n) is 9.06. The highest BCUT2D eigenvalue weighted by Gasteiger charge is 2.55. The number of nitrogens with zero attached hydrogens (tertiary/aromatic N) is 4. The largest absolute Gasteiger partial charge is 0.444 e. The number of anilines is 2. The molecule has 0 radical (unpaired) electrons. The number of hydrogen-bond acceptors (Lipinski definition) is 5. The maximum Gasteiger partial charge on any atom is 0.410 e. The van der Waals surface area contributed by atoms with Gasteiger partial charge >= 0.3 is 6.09 Å². The highest BCUT2D eigenvalue weighted by atomic mass is 16.6. The molecule has 214 valence electrons. The third kappa shape index (κ3) is 5.09. The molecule has 3 aromatic rings. The van der Waals surface area contributed by atoms with E-state index in [1.54, 1.807) is 0 Å². The van der Waals surface area contributed by atoms with Crippen molar-refractivity contribution in [2.45, 2.75) is 78.4 Å². The Hall–Kier alpha value is -3.79. The van der Waals surface area contributed by atoms with Crippen LogP contribution in [0.4, 0.5) is 16.2 Å². The second-order valence-electron chi connectivity index (χ2n) is 13.6. The Labute approximate surface area is 243 Å². The van der Waals surface area contributed by atoms with Crippen LogP contribution in [-0.2, 0) is 10.3 Å². The van der Waals surface area contributed by atoms with Gasteiger partial charge in [0.25, 0.3) is 5.54 Å². The van der Waals surface area contributed by atoms with Crippen LogP contribution in [0.15, 0.2) is 47.0 Å². The number of aryl methyl sites for hydroxylation is 3. The first-order valence-electron chi connectivity index (χ1n) is 14.7. The van der Waals surface area contributed by atoms with Crippen LogP contribution >= 0.6 is 0 Å². The molecule has 1 spiro atoms. The van der Waals surface area contributed by atoms with Gasteiger partial charge in [-0.1, -0.05) is 17.3 Å². The molecule has 1 saturated heterocycles. The quantitative estimate of drug-likeness (QED) is 0.290. The Morgan fingerprint density at radius 2 is 1.80 bits per heavy atom. The molecule has 2 aromatic carbocycles. The van der Waals surface area contributed by atoms with Crippen LogP contribution in [0, 0.1) is 38.7 Å². The number of aromatic nitrogens is 1. The number of carbonyl (C=O) groups excluding carboxylic acids is 1. The molecule has 1 amide bonds. The lowest BCUT2D eigenvalue weighted by Crippen LogP contribution is -2.65. The molecule has 0 unspecified atom stereocenters. The average Bonchev–Trinajstić information content (AvgIpc) is 3.60. The van der Waals surface area contributed by atoms with Crippen LogP contribution in [0.1, 0.15) is 69.0 Å². The first kappa shape index (κ1) is 27.4. The van der Waals surface area contributed by atoms with Crippen molar-refractivity contribution in [2.24, 2.45) is 11.3 Å². The molecule has 1 aliphatic heterocycles. The van der Waals surface area contributed by atoms with Gasteiger partial charge < -0.3 is 23.9 Å². The Balaban J connectivity index is 1.24. The molecule has 0 atom stereocenters. The second kappa shape index (κ2) is 9.65. The second-order valence-corrected chi connectivity index (χ2v) is 13.6. The Bertz CT molecular complexity index is 1490. The van der Waals surface area contributed by atoms with Crippen LogP contribution in [-0.4, -0.2) is 41.4 Å². The summed E-state index contributed by atoms with van der Waals surface area (Å²) in [5.74, 6) is 1.35. The van der Waals surface area contributed by atoms with Gasteiger partial charge in [-0.25, -0.2) is 11.4 Å². The minimum absolute atomic E-state index is 0.201. The molecule has 2 heterocycles. The highest BCUT2D eigenvalue weighted by Crippen LogP contribution is 2.53. The molecule has 7 nitrogen and oxygen atoms in total. The number of ether oxygens (including phenoxy) is 1. The summed E-state index contributed by atoms with van der Waals surface area (Å²) < 4.78 is 11.1. The van der Waals surface area contributed by atoms with Crippen molar-refractivity contribution in [3.8, 4) is 11.1 Å². The van der Waals surface area contributed by atoms with Gasteiger partial charge in [0.2, 0.25) is 0 Å². The molecule has 7 heteroatoms. The lowest BCUT2D eigenvalue weighted by molar-refractivity contribution is -0.0927. The van der Waals surface area contributed by atoms with Gasteiger partial charge in [-0.2, -0.15) is 0 Å².